The molecule has 1 amide bonds. The molecule has 1 aromatic carbocycles. The highest BCUT2D eigenvalue weighted by molar-refractivity contribution is 5.65. The number of benzene rings is 1. The Morgan fingerprint density at radius 1 is 1.42 bits per heavy atom. The predicted octanol–water partition coefficient (Wildman–Crippen LogP) is 1.37. The average Bonchev–Trinajstić information content (AvgIpc) is 2.89. The molecule has 1 aliphatic heterocycles. The molecule has 0 spiro atoms. The summed E-state index contributed by atoms with van der Waals surface area (Å²) in [6.07, 6.45) is -0.883. The van der Waals surface area contributed by atoms with Gasteiger partial charge in [-0.1, -0.05) is 30.3 Å². The number of ether oxygens (including phenoxy) is 1. The largest absolute Gasteiger partial charge is 0.465 e. The summed E-state index contributed by atoms with van der Waals surface area (Å²) in [7, 11) is 1.58. The number of amides is 1. The summed E-state index contributed by atoms with van der Waals surface area (Å²) < 4.78 is 5.00. The van der Waals surface area contributed by atoms with Crippen molar-refractivity contribution < 1.29 is 14.6 Å². The third-order valence-corrected chi connectivity index (χ3v) is 3.59. The van der Waals surface area contributed by atoms with Crippen molar-refractivity contribution in [2.24, 2.45) is 0 Å². The highest BCUT2D eigenvalue weighted by Crippen LogP contribution is 2.26. The van der Waals surface area contributed by atoms with Crippen molar-refractivity contribution in [2.75, 3.05) is 33.4 Å². The fourth-order valence-electron chi connectivity index (χ4n) is 2.63. The lowest BCUT2D eigenvalue weighted by Gasteiger charge is -2.30. The Morgan fingerprint density at radius 2 is 2.16 bits per heavy atom. The van der Waals surface area contributed by atoms with Crippen LogP contribution in [0.5, 0.6) is 0 Å². The van der Waals surface area contributed by atoms with Crippen LogP contribution in [0.4, 0.5) is 4.79 Å². The zero-order valence-corrected chi connectivity index (χ0v) is 11.1. The number of methoxy groups -OCH3 is 1. The Hall–Kier alpha value is -1.59. The molecule has 1 aromatic rings. The highest BCUT2D eigenvalue weighted by Gasteiger charge is 2.35. The van der Waals surface area contributed by atoms with Gasteiger partial charge < -0.3 is 20.1 Å². The SMILES string of the molecule is COCCN(C(=O)O)[C@@H]1CNCC1c1ccccc1. The van der Waals surface area contributed by atoms with Crippen LogP contribution in [-0.2, 0) is 4.74 Å². The lowest BCUT2D eigenvalue weighted by atomic mass is 9.93. The summed E-state index contributed by atoms with van der Waals surface area (Å²) in [6, 6.07) is 10.0. The third-order valence-electron chi connectivity index (χ3n) is 3.59. The first kappa shape index (κ1) is 13.8. The van der Waals surface area contributed by atoms with Crippen LogP contribution in [0.3, 0.4) is 0 Å². The quantitative estimate of drug-likeness (QED) is 0.843. The fraction of sp³-hybridized carbons (Fsp3) is 0.500. The monoisotopic (exact) mass is 264 g/mol. The molecule has 1 heterocycles. The summed E-state index contributed by atoms with van der Waals surface area (Å²) in [5, 5.41) is 12.7. The molecule has 1 saturated heterocycles. The molecular formula is C14H20N2O3. The Balaban J connectivity index is 2.14. The summed E-state index contributed by atoms with van der Waals surface area (Å²) in [6.45, 7) is 2.33. The van der Waals surface area contributed by atoms with E-state index in [0.717, 1.165) is 6.54 Å². The van der Waals surface area contributed by atoms with E-state index in [1.165, 1.54) is 10.5 Å². The highest BCUT2D eigenvalue weighted by atomic mass is 16.5. The molecule has 1 aliphatic rings. The molecule has 2 atom stereocenters. The number of hydrogen-bond acceptors (Lipinski definition) is 3. The van der Waals surface area contributed by atoms with E-state index < -0.39 is 6.09 Å². The summed E-state index contributed by atoms with van der Waals surface area (Å²) in [5.74, 6) is 0.203. The van der Waals surface area contributed by atoms with Crippen LogP contribution < -0.4 is 5.32 Å². The van der Waals surface area contributed by atoms with Gasteiger partial charge in [-0.15, -0.1) is 0 Å². The van der Waals surface area contributed by atoms with Crippen molar-refractivity contribution in [3.63, 3.8) is 0 Å². The Labute approximate surface area is 113 Å². The minimum atomic E-state index is -0.883. The van der Waals surface area contributed by atoms with Gasteiger partial charge in [0.05, 0.1) is 12.6 Å². The maximum atomic E-state index is 11.4. The second-order valence-corrected chi connectivity index (χ2v) is 4.71. The van der Waals surface area contributed by atoms with Gasteiger partial charge in [-0.2, -0.15) is 0 Å². The number of nitrogens with zero attached hydrogens (tertiary/aromatic N) is 1. The Kier molecular flexibility index (Phi) is 4.76. The van der Waals surface area contributed by atoms with Gasteiger partial charge in [-0.3, -0.25) is 0 Å². The van der Waals surface area contributed by atoms with Gasteiger partial charge >= 0.3 is 6.09 Å². The predicted molar refractivity (Wildman–Crippen MR) is 72.4 cm³/mol. The smallest absolute Gasteiger partial charge is 0.407 e. The number of hydrogen-bond donors (Lipinski definition) is 2. The number of nitrogens with one attached hydrogen (secondary N) is 1. The maximum absolute atomic E-state index is 11.4. The summed E-state index contributed by atoms with van der Waals surface area (Å²) in [5.41, 5.74) is 1.18. The summed E-state index contributed by atoms with van der Waals surface area (Å²) >= 11 is 0. The maximum Gasteiger partial charge on any atom is 0.407 e. The van der Waals surface area contributed by atoms with Gasteiger partial charge in [0, 0.05) is 32.7 Å². The van der Waals surface area contributed by atoms with Gasteiger partial charge in [0.1, 0.15) is 0 Å². The minimum Gasteiger partial charge on any atom is -0.465 e. The Bertz CT molecular complexity index is 410. The van der Waals surface area contributed by atoms with Crippen molar-refractivity contribution >= 4 is 6.09 Å². The molecule has 1 fully saturated rings. The lowest BCUT2D eigenvalue weighted by molar-refractivity contribution is 0.0977. The zero-order valence-electron chi connectivity index (χ0n) is 11.1. The van der Waals surface area contributed by atoms with E-state index in [-0.39, 0.29) is 12.0 Å². The minimum absolute atomic E-state index is 0.0324. The standard InChI is InChI=1S/C14H20N2O3/c1-19-8-7-16(14(17)18)13-10-15-9-12(13)11-5-3-2-4-6-11/h2-6,12-13,15H,7-10H2,1H3,(H,17,18)/t12?,13-/m1/s1. The molecule has 5 heteroatoms. The molecule has 0 radical (unpaired) electrons. The molecule has 0 saturated carbocycles. The molecule has 0 bridgehead atoms. The number of rotatable bonds is 5. The average molecular weight is 264 g/mol. The van der Waals surface area contributed by atoms with Crippen LogP contribution in [0.2, 0.25) is 0 Å². The molecular weight excluding hydrogens is 244 g/mol. The van der Waals surface area contributed by atoms with Gasteiger partial charge in [-0.25, -0.2) is 4.79 Å². The molecule has 2 rings (SSSR count). The van der Waals surface area contributed by atoms with E-state index in [2.05, 4.69) is 17.4 Å². The van der Waals surface area contributed by atoms with Crippen LogP contribution in [-0.4, -0.2) is 55.5 Å². The Morgan fingerprint density at radius 3 is 2.79 bits per heavy atom. The van der Waals surface area contributed by atoms with E-state index in [4.69, 9.17) is 4.74 Å². The molecule has 5 nitrogen and oxygen atoms in total. The van der Waals surface area contributed by atoms with Gasteiger partial charge in [0.2, 0.25) is 0 Å². The van der Waals surface area contributed by atoms with E-state index in [9.17, 15) is 9.90 Å². The van der Waals surface area contributed by atoms with E-state index in [1.807, 2.05) is 18.2 Å². The van der Waals surface area contributed by atoms with E-state index in [1.54, 1.807) is 7.11 Å². The van der Waals surface area contributed by atoms with Gasteiger partial charge in [0.15, 0.2) is 0 Å². The summed E-state index contributed by atoms with van der Waals surface area (Å²) in [4.78, 5) is 12.9. The first-order chi connectivity index (χ1) is 9.24. The molecule has 0 aliphatic carbocycles. The molecule has 19 heavy (non-hydrogen) atoms. The van der Waals surface area contributed by atoms with Crippen molar-refractivity contribution in [3.8, 4) is 0 Å². The first-order valence-corrected chi connectivity index (χ1v) is 6.48. The van der Waals surface area contributed by atoms with Crippen molar-refractivity contribution in [3.05, 3.63) is 35.9 Å². The second kappa shape index (κ2) is 6.54. The van der Waals surface area contributed by atoms with Crippen molar-refractivity contribution in [1.82, 2.24) is 10.2 Å². The zero-order chi connectivity index (χ0) is 13.7. The van der Waals surface area contributed by atoms with Crippen LogP contribution in [0.1, 0.15) is 11.5 Å². The van der Waals surface area contributed by atoms with Gasteiger partial charge in [-0.05, 0) is 5.56 Å². The lowest BCUT2D eigenvalue weighted by Crippen LogP contribution is -2.45. The second-order valence-electron chi connectivity index (χ2n) is 4.71. The third kappa shape index (κ3) is 3.24. The number of carbonyl (C=O) groups is 1. The van der Waals surface area contributed by atoms with Gasteiger partial charge in [0.25, 0.3) is 0 Å². The van der Waals surface area contributed by atoms with Crippen LogP contribution >= 0.6 is 0 Å². The molecule has 104 valence electrons. The normalized spacial score (nSPS) is 22.4. The van der Waals surface area contributed by atoms with Crippen molar-refractivity contribution in [1.29, 1.82) is 0 Å². The molecule has 2 N–H and O–H groups in total. The van der Waals surface area contributed by atoms with Crippen LogP contribution in [0.25, 0.3) is 0 Å². The van der Waals surface area contributed by atoms with Crippen molar-refractivity contribution in [2.45, 2.75) is 12.0 Å². The topological polar surface area (TPSA) is 61.8 Å². The molecule has 0 aromatic heterocycles. The van der Waals surface area contributed by atoms with E-state index in [0.29, 0.717) is 19.7 Å². The fourth-order valence-corrected chi connectivity index (χ4v) is 2.63. The number of carboxylic acid groups (broad SMARTS) is 1. The van der Waals surface area contributed by atoms with E-state index >= 15 is 0 Å². The molecule has 1 unspecified atom stereocenters. The first-order valence-electron chi connectivity index (χ1n) is 6.48. The van der Waals surface area contributed by atoms with Crippen LogP contribution in [0.15, 0.2) is 30.3 Å². The van der Waals surface area contributed by atoms with Crippen LogP contribution in [0, 0.1) is 0 Å².